The fraction of sp³-hybridized carbons (Fsp3) is 0.278. The van der Waals surface area contributed by atoms with E-state index in [1.54, 1.807) is 27.3 Å². The Labute approximate surface area is 148 Å². The quantitative estimate of drug-likeness (QED) is 0.484. The normalized spacial score (nSPS) is 22.4. The van der Waals surface area contributed by atoms with Crippen LogP contribution in [0.25, 0.3) is 0 Å². The standard InChI is InChI=1S/C18H19BN2O3P/c1-13-19-20-12-16-10-15(11-18(21-16)25(3,22)24-13)5-4-14-6-8-17(23-2)9-7-14/h6-11,13,20H,12H2,1-3H3. The molecule has 0 spiro atoms. The molecule has 1 radical (unpaired) electrons. The largest absolute Gasteiger partial charge is 0.497 e. The van der Waals surface area contributed by atoms with Gasteiger partial charge in [0.1, 0.15) is 11.2 Å². The molecule has 2 aromatic rings. The second kappa shape index (κ2) is 7.45. The lowest BCUT2D eigenvalue weighted by molar-refractivity contribution is 0.302. The summed E-state index contributed by atoms with van der Waals surface area (Å²) in [5, 5.41) is 3.14. The number of hydrogen-bond donors (Lipinski definition) is 1. The molecule has 2 atom stereocenters. The van der Waals surface area contributed by atoms with Gasteiger partial charge in [-0.2, -0.15) is 0 Å². The average molecular weight is 353 g/mol. The highest BCUT2D eigenvalue weighted by molar-refractivity contribution is 7.66. The van der Waals surface area contributed by atoms with Crippen molar-refractivity contribution < 1.29 is 13.8 Å². The highest BCUT2D eigenvalue weighted by Gasteiger charge is 2.26. The molecule has 0 amide bonds. The maximum atomic E-state index is 12.9. The van der Waals surface area contributed by atoms with E-state index in [1.807, 2.05) is 37.3 Å². The van der Waals surface area contributed by atoms with E-state index in [2.05, 4.69) is 22.1 Å². The smallest absolute Gasteiger partial charge is 0.246 e. The van der Waals surface area contributed by atoms with Crippen LogP contribution in [0.4, 0.5) is 0 Å². The summed E-state index contributed by atoms with van der Waals surface area (Å²) in [4.78, 5) is 4.46. The molecular weight excluding hydrogens is 334 g/mol. The van der Waals surface area contributed by atoms with Crippen molar-refractivity contribution in [1.29, 1.82) is 0 Å². The average Bonchev–Trinajstić information content (AvgIpc) is 2.62. The van der Waals surface area contributed by atoms with Gasteiger partial charge in [0, 0.05) is 30.3 Å². The van der Waals surface area contributed by atoms with Crippen molar-refractivity contribution in [3.63, 3.8) is 0 Å². The number of hydrogen-bond acceptors (Lipinski definition) is 5. The molecule has 1 aliphatic rings. The summed E-state index contributed by atoms with van der Waals surface area (Å²) < 4.78 is 23.7. The summed E-state index contributed by atoms with van der Waals surface area (Å²) >= 11 is 0. The van der Waals surface area contributed by atoms with Crippen molar-refractivity contribution >= 4 is 20.2 Å². The number of pyridine rings is 1. The first-order valence-electron chi connectivity index (χ1n) is 7.96. The van der Waals surface area contributed by atoms with Gasteiger partial charge < -0.3 is 14.5 Å². The predicted octanol–water partition coefficient (Wildman–Crippen LogP) is 2.11. The third-order valence-electron chi connectivity index (χ3n) is 3.73. The molecule has 1 N–H and O–H groups in total. The Kier molecular flexibility index (Phi) is 5.29. The molecule has 7 heteroatoms. The molecule has 1 aromatic carbocycles. The van der Waals surface area contributed by atoms with Gasteiger partial charge in [-0.25, -0.2) is 4.98 Å². The van der Waals surface area contributed by atoms with Gasteiger partial charge in [-0.05, 0) is 43.3 Å². The number of methoxy groups -OCH3 is 1. The predicted molar refractivity (Wildman–Crippen MR) is 99.5 cm³/mol. The summed E-state index contributed by atoms with van der Waals surface area (Å²) in [7, 11) is 0.413. The van der Waals surface area contributed by atoms with Crippen molar-refractivity contribution in [3.05, 3.63) is 53.2 Å². The van der Waals surface area contributed by atoms with E-state index in [1.165, 1.54) is 0 Å². The fourth-order valence-corrected chi connectivity index (χ4v) is 3.98. The van der Waals surface area contributed by atoms with Crippen LogP contribution in [0.5, 0.6) is 5.75 Å². The molecule has 0 saturated carbocycles. The van der Waals surface area contributed by atoms with Crippen molar-refractivity contribution in [2.45, 2.75) is 19.5 Å². The zero-order chi connectivity index (χ0) is 17.9. The third kappa shape index (κ3) is 4.52. The van der Waals surface area contributed by atoms with Crippen molar-refractivity contribution in [2.24, 2.45) is 0 Å². The Bertz CT molecular complexity index is 874. The number of rotatable bonds is 1. The third-order valence-corrected chi connectivity index (χ3v) is 5.52. The van der Waals surface area contributed by atoms with Crippen LogP contribution in [0.1, 0.15) is 23.7 Å². The first-order chi connectivity index (χ1) is 12.0. The Morgan fingerprint density at radius 2 is 2.00 bits per heavy atom. The molecule has 1 aliphatic heterocycles. The highest BCUT2D eigenvalue weighted by Crippen LogP contribution is 2.42. The molecule has 5 nitrogen and oxygen atoms in total. The van der Waals surface area contributed by atoms with Gasteiger partial charge in [0.2, 0.25) is 14.8 Å². The van der Waals surface area contributed by atoms with Gasteiger partial charge in [-0.3, -0.25) is 4.57 Å². The first kappa shape index (κ1) is 17.8. The van der Waals surface area contributed by atoms with Crippen molar-refractivity contribution in [1.82, 2.24) is 10.2 Å². The number of benzene rings is 1. The van der Waals surface area contributed by atoms with E-state index < -0.39 is 7.37 Å². The summed E-state index contributed by atoms with van der Waals surface area (Å²) in [6.45, 7) is 3.98. The number of nitrogens with one attached hydrogen (secondary N) is 1. The second-order valence-electron chi connectivity index (χ2n) is 5.89. The molecule has 0 saturated heterocycles. The Morgan fingerprint density at radius 3 is 2.72 bits per heavy atom. The van der Waals surface area contributed by atoms with Gasteiger partial charge in [-0.15, -0.1) is 0 Å². The topological polar surface area (TPSA) is 60.5 Å². The summed E-state index contributed by atoms with van der Waals surface area (Å²) in [6, 6.07) is 10.9. The summed E-state index contributed by atoms with van der Waals surface area (Å²) in [6.07, 6.45) is 0. The second-order valence-corrected chi connectivity index (χ2v) is 8.25. The molecule has 2 unspecified atom stereocenters. The molecular formula is C18H19BN2O3P. The van der Waals surface area contributed by atoms with Crippen LogP contribution in [0.15, 0.2) is 36.4 Å². The lowest BCUT2D eigenvalue weighted by atomic mass is 9.87. The monoisotopic (exact) mass is 353 g/mol. The molecule has 2 bridgehead atoms. The van der Waals surface area contributed by atoms with Gasteiger partial charge in [0.05, 0.1) is 12.8 Å². The minimum Gasteiger partial charge on any atom is -0.497 e. The number of fused-ring (bicyclic) bond motifs is 2. The minimum absolute atomic E-state index is 0.263. The van der Waals surface area contributed by atoms with Crippen LogP contribution in [0.2, 0.25) is 0 Å². The minimum atomic E-state index is -3.00. The van der Waals surface area contributed by atoms with Crippen LogP contribution in [-0.4, -0.2) is 32.2 Å². The van der Waals surface area contributed by atoms with E-state index in [0.717, 1.165) is 22.6 Å². The SMILES string of the molecule is COc1ccc(C#Cc2cc3nc(c2)P(C)(=O)OC(C)[B]NC3)cc1. The molecule has 1 aromatic heterocycles. The van der Waals surface area contributed by atoms with E-state index in [0.29, 0.717) is 12.0 Å². The molecule has 0 aliphatic carbocycles. The zero-order valence-corrected chi connectivity index (χ0v) is 15.3. The summed E-state index contributed by atoms with van der Waals surface area (Å²) in [5.74, 6) is 7.02. The molecule has 3 rings (SSSR count). The van der Waals surface area contributed by atoms with Crippen LogP contribution in [0, 0.1) is 11.8 Å². The van der Waals surface area contributed by atoms with Crippen LogP contribution in [-0.2, 0) is 15.6 Å². The van der Waals surface area contributed by atoms with Gasteiger partial charge in [-0.1, -0.05) is 11.8 Å². The van der Waals surface area contributed by atoms with E-state index in [9.17, 15) is 4.57 Å². The van der Waals surface area contributed by atoms with Crippen LogP contribution >= 0.6 is 7.37 Å². The van der Waals surface area contributed by atoms with Gasteiger partial charge in [0.25, 0.3) is 0 Å². The van der Waals surface area contributed by atoms with E-state index in [4.69, 9.17) is 9.26 Å². The first-order valence-corrected chi connectivity index (χ1v) is 10.0. The summed E-state index contributed by atoms with van der Waals surface area (Å²) in [5.41, 5.74) is 2.87. The van der Waals surface area contributed by atoms with Crippen molar-refractivity contribution in [3.8, 4) is 17.6 Å². The van der Waals surface area contributed by atoms with Crippen molar-refractivity contribution in [2.75, 3.05) is 13.8 Å². The van der Waals surface area contributed by atoms with Crippen LogP contribution in [0.3, 0.4) is 0 Å². The van der Waals surface area contributed by atoms with E-state index >= 15 is 0 Å². The lowest BCUT2D eigenvalue weighted by Crippen LogP contribution is -2.29. The lowest BCUT2D eigenvalue weighted by Gasteiger charge is -2.17. The maximum Gasteiger partial charge on any atom is 0.246 e. The number of ether oxygens (including phenoxy) is 1. The molecule has 127 valence electrons. The number of aromatic nitrogens is 1. The Morgan fingerprint density at radius 1 is 1.28 bits per heavy atom. The fourth-order valence-electron chi connectivity index (χ4n) is 2.49. The zero-order valence-electron chi connectivity index (χ0n) is 14.4. The van der Waals surface area contributed by atoms with E-state index in [-0.39, 0.29) is 6.00 Å². The highest BCUT2D eigenvalue weighted by atomic mass is 31.2. The Balaban J connectivity index is 1.94. The number of nitrogens with zero attached hydrogens (tertiary/aromatic N) is 1. The maximum absolute atomic E-state index is 12.9. The molecule has 25 heavy (non-hydrogen) atoms. The Hall–Kier alpha value is -2.06. The van der Waals surface area contributed by atoms with Gasteiger partial charge in [0.15, 0.2) is 0 Å². The molecule has 0 fully saturated rings. The van der Waals surface area contributed by atoms with Crippen LogP contribution < -0.4 is 15.4 Å². The molecule has 2 heterocycles. The van der Waals surface area contributed by atoms with Gasteiger partial charge >= 0.3 is 0 Å².